The zero-order valence-electron chi connectivity index (χ0n) is 9.00. The van der Waals surface area contributed by atoms with Crippen molar-refractivity contribution in [3.8, 4) is 0 Å². The molecule has 0 radical (unpaired) electrons. The second kappa shape index (κ2) is 4.89. The number of carbonyl (C=O) groups is 1. The summed E-state index contributed by atoms with van der Waals surface area (Å²) in [6, 6.07) is 1.34. The number of hydrogen-bond donors (Lipinski definition) is 0. The van der Waals surface area contributed by atoms with Gasteiger partial charge in [-0.3, -0.25) is 0 Å². The van der Waals surface area contributed by atoms with Crippen LogP contribution in [0.2, 0.25) is 0 Å². The third-order valence-electron chi connectivity index (χ3n) is 2.46. The fourth-order valence-electron chi connectivity index (χ4n) is 1.66. The molecule has 2 heterocycles. The van der Waals surface area contributed by atoms with Crippen molar-refractivity contribution in [1.82, 2.24) is 9.97 Å². The molecule has 0 aliphatic carbocycles. The monoisotopic (exact) mass is 223 g/mol. The Balaban J connectivity index is 2.20. The Kier molecular flexibility index (Phi) is 3.31. The van der Waals surface area contributed by atoms with E-state index < -0.39 is 6.04 Å². The number of carbonyl (C=O) groups excluding carboxylic acids is 1. The van der Waals surface area contributed by atoms with Crippen molar-refractivity contribution in [2.75, 3.05) is 31.8 Å². The van der Waals surface area contributed by atoms with Gasteiger partial charge in [0.15, 0.2) is 6.04 Å². The molecule has 0 aromatic carbocycles. The lowest BCUT2D eigenvalue weighted by Gasteiger charge is -2.34. The van der Waals surface area contributed by atoms with Crippen molar-refractivity contribution in [3.63, 3.8) is 0 Å². The van der Waals surface area contributed by atoms with Gasteiger partial charge in [0.2, 0.25) is 0 Å². The molecule has 1 aromatic heterocycles. The minimum absolute atomic E-state index is 0.307. The first-order valence-corrected chi connectivity index (χ1v) is 5.01. The fourth-order valence-corrected chi connectivity index (χ4v) is 1.66. The summed E-state index contributed by atoms with van der Waals surface area (Å²) in [6.07, 6.45) is 3.10. The standard InChI is InChI=1S/C10H13N3O3/c1-15-10(14)8-6-16-5-4-13(8)9-2-3-11-7-12-9/h2-3,7-8H,4-6H2,1H3. The van der Waals surface area contributed by atoms with Crippen LogP contribution in [0.5, 0.6) is 0 Å². The van der Waals surface area contributed by atoms with Crippen LogP contribution in [-0.4, -0.2) is 48.8 Å². The van der Waals surface area contributed by atoms with E-state index in [0.29, 0.717) is 25.6 Å². The Morgan fingerprint density at radius 1 is 1.69 bits per heavy atom. The number of morpholine rings is 1. The van der Waals surface area contributed by atoms with Gasteiger partial charge in [0.05, 0.1) is 20.3 Å². The molecule has 1 aromatic rings. The lowest BCUT2D eigenvalue weighted by atomic mass is 10.2. The third kappa shape index (κ3) is 2.11. The summed E-state index contributed by atoms with van der Waals surface area (Å²) in [5.41, 5.74) is 0. The van der Waals surface area contributed by atoms with Gasteiger partial charge in [0.25, 0.3) is 0 Å². The Morgan fingerprint density at radius 2 is 2.56 bits per heavy atom. The van der Waals surface area contributed by atoms with E-state index in [9.17, 15) is 4.79 Å². The summed E-state index contributed by atoms with van der Waals surface area (Å²) >= 11 is 0. The highest BCUT2D eigenvalue weighted by Gasteiger charge is 2.30. The summed E-state index contributed by atoms with van der Waals surface area (Å²) in [5, 5.41) is 0. The summed E-state index contributed by atoms with van der Waals surface area (Å²) in [7, 11) is 1.37. The number of rotatable bonds is 2. The van der Waals surface area contributed by atoms with Crippen LogP contribution in [0, 0.1) is 0 Å². The summed E-state index contributed by atoms with van der Waals surface area (Å²) in [4.78, 5) is 21.4. The molecule has 0 bridgehead atoms. The van der Waals surface area contributed by atoms with Crippen molar-refractivity contribution in [1.29, 1.82) is 0 Å². The average molecular weight is 223 g/mol. The highest BCUT2D eigenvalue weighted by molar-refractivity contribution is 5.80. The van der Waals surface area contributed by atoms with E-state index in [2.05, 4.69) is 9.97 Å². The Bertz CT molecular complexity index is 358. The van der Waals surface area contributed by atoms with E-state index in [1.54, 1.807) is 12.3 Å². The Hall–Kier alpha value is -1.69. The Morgan fingerprint density at radius 3 is 3.25 bits per heavy atom. The van der Waals surface area contributed by atoms with E-state index in [0.717, 1.165) is 0 Å². The molecule has 1 unspecified atom stereocenters. The minimum Gasteiger partial charge on any atom is -0.467 e. The van der Waals surface area contributed by atoms with Crippen molar-refractivity contribution >= 4 is 11.8 Å². The van der Waals surface area contributed by atoms with Gasteiger partial charge in [0.1, 0.15) is 12.1 Å². The van der Waals surface area contributed by atoms with E-state index in [1.165, 1.54) is 13.4 Å². The van der Waals surface area contributed by atoms with Crippen LogP contribution < -0.4 is 4.90 Å². The molecule has 1 fully saturated rings. The molecular formula is C10H13N3O3. The summed E-state index contributed by atoms with van der Waals surface area (Å²) in [5.74, 6) is 0.409. The van der Waals surface area contributed by atoms with Gasteiger partial charge in [-0.15, -0.1) is 0 Å². The molecule has 0 N–H and O–H groups in total. The van der Waals surface area contributed by atoms with Gasteiger partial charge < -0.3 is 14.4 Å². The van der Waals surface area contributed by atoms with Crippen LogP contribution in [0.25, 0.3) is 0 Å². The zero-order chi connectivity index (χ0) is 11.4. The Labute approximate surface area is 93.2 Å². The zero-order valence-corrected chi connectivity index (χ0v) is 9.00. The topological polar surface area (TPSA) is 64.6 Å². The molecule has 1 saturated heterocycles. The van der Waals surface area contributed by atoms with Gasteiger partial charge in [-0.2, -0.15) is 0 Å². The van der Waals surface area contributed by atoms with Gasteiger partial charge >= 0.3 is 5.97 Å². The highest BCUT2D eigenvalue weighted by Crippen LogP contribution is 2.16. The van der Waals surface area contributed by atoms with Crippen LogP contribution in [0.4, 0.5) is 5.82 Å². The van der Waals surface area contributed by atoms with Crippen LogP contribution in [0.3, 0.4) is 0 Å². The van der Waals surface area contributed by atoms with E-state index in [-0.39, 0.29) is 5.97 Å². The molecule has 6 heteroatoms. The van der Waals surface area contributed by atoms with E-state index in [4.69, 9.17) is 9.47 Å². The number of anilines is 1. The van der Waals surface area contributed by atoms with Crippen LogP contribution >= 0.6 is 0 Å². The predicted molar refractivity (Wildman–Crippen MR) is 56.0 cm³/mol. The fraction of sp³-hybridized carbons (Fsp3) is 0.500. The molecule has 6 nitrogen and oxygen atoms in total. The molecule has 1 atom stereocenters. The van der Waals surface area contributed by atoms with Crippen molar-refractivity contribution in [2.45, 2.75) is 6.04 Å². The largest absolute Gasteiger partial charge is 0.467 e. The molecule has 1 aliphatic heterocycles. The number of methoxy groups -OCH3 is 1. The van der Waals surface area contributed by atoms with Gasteiger partial charge in [0, 0.05) is 12.7 Å². The second-order valence-electron chi connectivity index (χ2n) is 3.37. The molecule has 0 spiro atoms. The van der Waals surface area contributed by atoms with Crippen LogP contribution in [0.1, 0.15) is 0 Å². The van der Waals surface area contributed by atoms with Crippen LogP contribution in [-0.2, 0) is 14.3 Å². The first kappa shape index (κ1) is 10.8. The van der Waals surface area contributed by atoms with Crippen molar-refractivity contribution in [2.24, 2.45) is 0 Å². The highest BCUT2D eigenvalue weighted by atomic mass is 16.5. The number of esters is 1. The number of aromatic nitrogens is 2. The first-order valence-electron chi connectivity index (χ1n) is 5.01. The normalized spacial score (nSPS) is 20.6. The van der Waals surface area contributed by atoms with E-state index in [1.807, 2.05) is 4.90 Å². The van der Waals surface area contributed by atoms with Crippen molar-refractivity contribution < 1.29 is 14.3 Å². The number of ether oxygens (including phenoxy) is 2. The molecule has 1 aliphatic rings. The van der Waals surface area contributed by atoms with Crippen LogP contribution in [0.15, 0.2) is 18.6 Å². The maximum absolute atomic E-state index is 11.6. The maximum Gasteiger partial charge on any atom is 0.330 e. The lowest BCUT2D eigenvalue weighted by Crippen LogP contribution is -2.51. The quantitative estimate of drug-likeness (QED) is 0.650. The van der Waals surface area contributed by atoms with Crippen molar-refractivity contribution in [3.05, 3.63) is 18.6 Å². The summed E-state index contributed by atoms with van der Waals surface area (Å²) in [6.45, 7) is 1.53. The third-order valence-corrected chi connectivity index (χ3v) is 2.46. The SMILES string of the molecule is COC(=O)C1COCCN1c1ccncn1. The maximum atomic E-state index is 11.6. The molecule has 0 saturated carbocycles. The number of nitrogens with zero attached hydrogens (tertiary/aromatic N) is 3. The molecule has 16 heavy (non-hydrogen) atoms. The smallest absolute Gasteiger partial charge is 0.330 e. The predicted octanol–water partition coefficient (Wildman–Crippen LogP) is -0.145. The molecule has 86 valence electrons. The summed E-state index contributed by atoms with van der Waals surface area (Å²) < 4.78 is 10.0. The molecule has 0 amide bonds. The average Bonchev–Trinajstić information content (AvgIpc) is 2.39. The lowest BCUT2D eigenvalue weighted by molar-refractivity contribution is -0.144. The first-order chi connectivity index (χ1) is 7.83. The van der Waals surface area contributed by atoms with Gasteiger partial charge in [-0.25, -0.2) is 14.8 Å². The van der Waals surface area contributed by atoms with Gasteiger partial charge in [-0.05, 0) is 6.07 Å². The molecule has 2 rings (SSSR count). The molecular weight excluding hydrogens is 210 g/mol. The minimum atomic E-state index is -0.423. The second-order valence-corrected chi connectivity index (χ2v) is 3.37. The van der Waals surface area contributed by atoms with E-state index >= 15 is 0 Å². The number of hydrogen-bond acceptors (Lipinski definition) is 6. The van der Waals surface area contributed by atoms with Gasteiger partial charge in [-0.1, -0.05) is 0 Å².